The summed E-state index contributed by atoms with van der Waals surface area (Å²) < 4.78 is 5.08. The molecule has 3 nitrogen and oxygen atoms in total. The van der Waals surface area contributed by atoms with E-state index < -0.39 is 5.63 Å². The summed E-state index contributed by atoms with van der Waals surface area (Å²) in [6, 6.07) is 3.05. The molecule has 2 aromatic rings. The van der Waals surface area contributed by atoms with Crippen LogP contribution in [-0.2, 0) is 0 Å². The van der Waals surface area contributed by atoms with E-state index in [1.807, 2.05) is 19.9 Å². The van der Waals surface area contributed by atoms with Gasteiger partial charge in [-0.3, -0.25) is 0 Å². The van der Waals surface area contributed by atoms with E-state index in [-0.39, 0.29) is 11.3 Å². The van der Waals surface area contributed by atoms with Crippen LogP contribution >= 0.6 is 23.2 Å². The summed E-state index contributed by atoms with van der Waals surface area (Å²) in [6.45, 7) is 4.03. The van der Waals surface area contributed by atoms with Crippen molar-refractivity contribution >= 4 is 40.2 Å². The maximum Gasteiger partial charge on any atom is 0.347 e. The van der Waals surface area contributed by atoms with Crippen molar-refractivity contribution in [2.75, 3.05) is 0 Å². The van der Waals surface area contributed by atoms with Gasteiger partial charge in [0.15, 0.2) is 0 Å². The van der Waals surface area contributed by atoms with Gasteiger partial charge in [-0.05, 0) is 24.1 Å². The summed E-state index contributed by atoms with van der Waals surface area (Å²) in [7, 11) is 0. The molecule has 0 aliphatic carbocycles. The topological polar surface area (TPSA) is 43.1 Å². The molecule has 18 heavy (non-hydrogen) atoms. The maximum absolute atomic E-state index is 11.8. The number of rotatable bonds is 2. The van der Waals surface area contributed by atoms with Crippen molar-refractivity contribution in [2.24, 2.45) is 5.92 Å². The Morgan fingerprint density at radius 2 is 2.06 bits per heavy atom. The third-order valence-electron chi connectivity index (χ3n) is 2.29. The lowest BCUT2D eigenvalue weighted by atomic mass is 10.2. The first-order valence-electron chi connectivity index (χ1n) is 5.45. The number of allylic oxidation sites excluding steroid dienone is 1. The molecule has 0 amide bonds. The van der Waals surface area contributed by atoms with Gasteiger partial charge in [0, 0.05) is 5.02 Å². The van der Waals surface area contributed by atoms with Crippen molar-refractivity contribution in [2.45, 2.75) is 13.8 Å². The highest BCUT2D eigenvalue weighted by atomic mass is 35.5. The third kappa shape index (κ3) is 2.74. The fourth-order valence-electron chi connectivity index (χ4n) is 1.46. The van der Waals surface area contributed by atoms with Gasteiger partial charge in [-0.2, -0.15) is 0 Å². The van der Waals surface area contributed by atoms with Crippen molar-refractivity contribution in [1.82, 2.24) is 4.98 Å². The molecule has 5 heteroatoms. The van der Waals surface area contributed by atoms with E-state index in [1.165, 1.54) is 6.07 Å². The van der Waals surface area contributed by atoms with E-state index in [0.717, 1.165) is 0 Å². The molecule has 1 aromatic carbocycles. The molecule has 2 rings (SSSR count). The van der Waals surface area contributed by atoms with Gasteiger partial charge in [0.25, 0.3) is 0 Å². The Balaban J connectivity index is 2.66. The van der Waals surface area contributed by atoms with Crippen LogP contribution in [-0.4, -0.2) is 4.98 Å². The molecular formula is C13H11Cl2NO2. The van der Waals surface area contributed by atoms with Crippen molar-refractivity contribution < 1.29 is 4.42 Å². The van der Waals surface area contributed by atoms with Crippen molar-refractivity contribution in [1.29, 1.82) is 0 Å². The summed E-state index contributed by atoms with van der Waals surface area (Å²) in [6.07, 6.45) is 3.55. The van der Waals surface area contributed by atoms with Gasteiger partial charge in [-0.15, -0.1) is 0 Å². The zero-order valence-electron chi connectivity index (χ0n) is 9.91. The molecule has 0 unspecified atom stereocenters. The molecule has 94 valence electrons. The SMILES string of the molecule is CC(C)/C=C/c1nc2c(Cl)cc(Cl)cc2c(=O)o1. The van der Waals surface area contributed by atoms with Crippen LogP contribution in [0.25, 0.3) is 17.0 Å². The molecule has 1 aromatic heterocycles. The van der Waals surface area contributed by atoms with Crippen molar-refractivity contribution in [3.63, 3.8) is 0 Å². The Kier molecular flexibility index (Phi) is 3.73. The number of hydrogen-bond donors (Lipinski definition) is 0. The van der Waals surface area contributed by atoms with Gasteiger partial charge < -0.3 is 4.42 Å². The van der Waals surface area contributed by atoms with E-state index in [0.29, 0.717) is 21.5 Å². The number of nitrogens with zero attached hydrogens (tertiary/aromatic N) is 1. The number of benzene rings is 1. The Morgan fingerprint density at radius 3 is 2.72 bits per heavy atom. The number of fused-ring (bicyclic) bond motifs is 1. The Bertz CT molecular complexity index is 674. The van der Waals surface area contributed by atoms with E-state index in [4.69, 9.17) is 27.6 Å². The van der Waals surface area contributed by atoms with Crippen LogP contribution in [0.5, 0.6) is 0 Å². The minimum atomic E-state index is -0.493. The largest absolute Gasteiger partial charge is 0.404 e. The number of aromatic nitrogens is 1. The minimum Gasteiger partial charge on any atom is -0.404 e. The zero-order valence-corrected chi connectivity index (χ0v) is 11.4. The smallest absolute Gasteiger partial charge is 0.347 e. The fraction of sp³-hybridized carbons (Fsp3) is 0.231. The average molecular weight is 284 g/mol. The molecule has 0 spiro atoms. The first-order valence-corrected chi connectivity index (χ1v) is 6.21. The van der Waals surface area contributed by atoms with E-state index in [2.05, 4.69) is 4.98 Å². The quantitative estimate of drug-likeness (QED) is 0.831. The van der Waals surface area contributed by atoms with Crippen molar-refractivity contribution in [3.05, 3.63) is 44.6 Å². The standard InChI is InChI=1S/C13H11Cl2NO2/c1-7(2)3-4-11-16-12-9(13(17)18-11)5-8(14)6-10(12)15/h3-7H,1-2H3/b4-3+. The van der Waals surface area contributed by atoms with Crippen LogP contribution in [0, 0.1) is 5.92 Å². The lowest BCUT2D eigenvalue weighted by molar-refractivity contribution is 0.490. The summed E-state index contributed by atoms with van der Waals surface area (Å²) >= 11 is 11.8. The van der Waals surface area contributed by atoms with Gasteiger partial charge >= 0.3 is 5.63 Å². The predicted molar refractivity (Wildman–Crippen MR) is 74.2 cm³/mol. The molecule has 0 atom stereocenters. The van der Waals surface area contributed by atoms with Crippen LogP contribution in [0.4, 0.5) is 0 Å². The summed E-state index contributed by atoms with van der Waals surface area (Å²) in [5.41, 5.74) is -0.0893. The number of halogens is 2. The summed E-state index contributed by atoms with van der Waals surface area (Å²) in [4.78, 5) is 16.0. The lowest BCUT2D eigenvalue weighted by Crippen LogP contribution is -2.03. The molecule has 1 heterocycles. The second-order valence-corrected chi connectivity index (χ2v) is 5.07. The Hall–Kier alpha value is -1.32. The molecule has 0 fully saturated rings. The molecule has 0 N–H and O–H groups in total. The second-order valence-electron chi connectivity index (χ2n) is 4.23. The van der Waals surface area contributed by atoms with Crippen LogP contribution in [0.1, 0.15) is 19.7 Å². The second kappa shape index (κ2) is 5.12. The highest BCUT2D eigenvalue weighted by molar-refractivity contribution is 6.38. The molecule has 0 saturated heterocycles. The lowest BCUT2D eigenvalue weighted by Gasteiger charge is -2.01. The third-order valence-corrected chi connectivity index (χ3v) is 2.80. The molecule has 0 radical (unpaired) electrons. The van der Waals surface area contributed by atoms with Crippen LogP contribution < -0.4 is 5.63 Å². The van der Waals surface area contributed by atoms with Crippen LogP contribution in [0.2, 0.25) is 10.0 Å². The van der Waals surface area contributed by atoms with Gasteiger partial charge in [-0.25, -0.2) is 9.78 Å². The fourth-order valence-corrected chi connectivity index (χ4v) is 2.00. The Labute approximate surface area is 114 Å². The molecule has 0 aliphatic rings. The molecular weight excluding hydrogens is 273 g/mol. The maximum atomic E-state index is 11.8. The molecule has 0 saturated carbocycles. The van der Waals surface area contributed by atoms with Crippen LogP contribution in [0.15, 0.2) is 27.4 Å². The van der Waals surface area contributed by atoms with Crippen LogP contribution in [0.3, 0.4) is 0 Å². The van der Waals surface area contributed by atoms with E-state index >= 15 is 0 Å². The monoisotopic (exact) mass is 283 g/mol. The molecule has 0 aliphatic heterocycles. The van der Waals surface area contributed by atoms with Gasteiger partial charge in [0.2, 0.25) is 5.89 Å². The number of hydrogen-bond acceptors (Lipinski definition) is 3. The zero-order chi connectivity index (χ0) is 13.3. The minimum absolute atomic E-state index is 0.241. The van der Waals surface area contributed by atoms with Gasteiger partial charge in [0.1, 0.15) is 5.52 Å². The normalized spacial score (nSPS) is 11.8. The van der Waals surface area contributed by atoms with Gasteiger partial charge in [-0.1, -0.05) is 43.1 Å². The van der Waals surface area contributed by atoms with Gasteiger partial charge in [0.05, 0.1) is 10.4 Å². The van der Waals surface area contributed by atoms with E-state index in [9.17, 15) is 4.79 Å². The first-order chi connectivity index (χ1) is 8.47. The highest BCUT2D eigenvalue weighted by Crippen LogP contribution is 2.24. The average Bonchev–Trinajstić information content (AvgIpc) is 2.28. The predicted octanol–water partition coefficient (Wildman–Crippen LogP) is 4.16. The summed E-state index contributed by atoms with van der Waals surface area (Å²) in [5, 5.41) is 1.01. The summed E-state index contributed by atoms with van der Waals surface area (Å²) in [5.74, 6) is 0.582. The van der Waals surface area contributed by atoms with Crippen molar-refractivity contribution in [3.8, 4) is 0 Å². The highest BCUT2D eigenvalue weighted by Gasteiger charge is 2.09. The van der Waals surface area contributed by atoms with E-state index in [1.54, 1.807) is 12.1 Å². The first kappa shape index (κ1) is 13.1. The Morgan fingerprint density at radius 1 is 1.33 bits per heavy atom. The molecule has 0 bridgehead atoms.